The van der Waals surface area contributed by atoms with Crippen LogP contribution in [0.1, 0.15) is 6.42 Å². The molecule has 0 saturated carbocycles. The summed E-state index contributed by atoms with van der Waals surface area (Å²) in [6.07, 6.45) is 0.774. The van der Waals surface area contributed by atoms with Crippen molar-refractivity contribution in [2.75, 3.05) is 64.8 Å². The first-order chi connectivity index (χ1) is 13.9. The van der Waals surface area contributed by atoms with Gasteiger partial charge in [-0.1, -0.05) is 11.6 Å². The molecule has 29 heavy (non-hydrogen) atoms. The monoisotopic (exact) mass is 427 g/mol. The van der Waals surface area contributed by atoms with Crippen LogP contribution in [0.25, 0.3) is 0 Å². The number of hydrogen-bond donors (Lipinski definition) is 2. The number of amides is 2. The van der Waals surface area contributed by atoms with E-state index in [-0.39, 0.29) is 29.7 Å². The van der Waals surface area contributed by atoms with Gasteiger partial charge in [-0.3, -0.25) is 29.5 Å². The lowest BCUT2D eigenvalue weighted by Crippen LogP contribution is -2.51. The Morgan fingerprint density at radius 3 is 2.38 bits per heavy atom. The fraction of sp³-hybridized carbons (Fsp3) is 0.556. The Kier molecular flexibility index (Phi) is 9.26. The summed E-state index contributed by atoms with van der Waals surface area (Å²) in [6, 6.07) is 4.03. The summed E-state index contributed by atoms with van der Waals surface area (Å²) in [5, 5.41) is 16.8. The molecule has 0 atom stereocenters. The highest BCUT2D eigenvalue weighted by atomic mass is 35.5. The number of nitrogens with zero attached hydrogens (tertiary/aromatic N) is 3. The lowest BCUT2D eigenvalue weighted by atomic mass is 10.2. The third-order valence-corrected chi connectivity index (χ3v) is 4.71. The number of halogens is 1. The molecular formula is C18H26ClN5O5. The summed E-state index contributed by atoms with van der Waals surface area (Å²) in [5.41, 5.74) is -0.125. The number of piperazine rings is 1. The molecule has 0 radical (unpaired) electrons. The Morgan fingerprint density at radius 1 is 1.17 bits per heavy atom. The van der Waals surface area contributed by atoms with Gasteiger partial charge in [0.1, 0.15) is 5.69 Å². The SMILES string of the molecule is COCCCNC(=O)CN1CCN(CC(=O)Nc2cc(Cl)ccc2[N+](=O)[O-])CC1. The largest absolute Gasteiger partial charge is 0.385 e. The predicted octanol–water partition coefficient (Wildman–Crippen LogP) is 0.957. The van der Waals surface area contributed by atoms with E-state index in [4.69, 9.17) is 16.3 Å². The Bertz CT molecular complexity index is 725. The molecule has 1 saturated heterocycles. The first-order valence-electron chi connectivity index (χ1n) is 9.33. The summed E-state index contributed by atoms with van der Waals surface area (Å²) in [5.74, 6) is -0.375. The molecule has 0 bridgehead atoms. The van der Waals surface area contributed by atoms with Gasteiger partial charge in [-0.25, -0.2) is 0 Å². The normalized spacial score (nSPS) is 15.1. The van der Waals surface area contributed by atoms with Crippen LogP contribution in [0.2, 0.25) is 5.02 Å². The number of nitrogens with one attached hydrogen (secondary N) is 2. The van der Waals surface area contributed by atoms with Crippen molar-refractivity contribution in [2.24, 2.45) is 0 Å². The topological polar surface area (TPSA) is 117 Å². The summed E-state index contributed by atoms with van der Waals surface area (Å²) < 4.78 is 4.94. The minimum Gasteiger partial charge on any atom is -0.385 e. The molecule has 0 spiro atoms. The number of ether oxygens (including phenoxy) is 1. The van der Waals surface area contributed by atoms with Crippen molar-refractivity contribution in [3.8, 4) is 0 Å². The van der Waals surface area contributed by atoms with E-state index in [2.05, 4.69) is 10.6 Å². The van der Waals surface area contributed by atoms with Crippen LogP contribution in [-0.2, 0) is 14.3 Å². The van der Waals surface area contributed by atoms with Crippen LogP contribution in [0, 0.1) is 10.1 Å². The predicted molar refractivity (Wildman–Crippen MR) is 109 cm³/mol. The van der Waals surface area contributed by atoms with Gasteiger partial charge < -0.3 is 15.4 Å². The van der Waals surface area contributed by atoms with Crippen molar-refractivity contribution in [1.82, 2.24) is 15.1 Å². The van der Waals surface area contributed by atoms with E-state index < -0.39 is 4.92 Å². The number of nitro groups is 1. The minimum atomic E-state index is -0.564. The maximum Gasteiger partial charge on any atom is 0.292 e. The summed E-state index contributed by atoms with van der Waals surface area (Å²) in [7, 11) is 1.62. The summed E-state index contributed by atoms with van der Waals surface area (Å²) >= 11 is 5.87. The minimum absolute atomic E-state index is 0.0273. The zero-order valence-electron chi connectivity index (χ0n) is 16.4. The van der Waals surface area contributed by atoms with E-state index in [0.717, 1.165) is 6.42 Å². The van der Waals surface area contributed by atoms with Crippen LogP contribution in [0.5, 0.6) is 0 Å². The van der Waals surface area contributed by atoms with Crippen molar-refractivity contribution in [3.63, 3.8) is 0 Å². The molecule has 10 nitrogen and oxygen atoms in total. The Morgan fingerprint density at radius 2 is 1.79 bits per heavy atom. The third kappa shape index (κ3) is 7.94. The number of carbonyl (C=O) groups is 2. The first kappa shape index (κ1) is 23.0. The lowest BCUT2D eigenvalue weighted by molar-refractivity contribution is -0.383. The molecule has 1 fully saturated rings. The van der Waals surface area contributed by atoms with Gasteiger partial charge in [-0.05, 0) is 18.6 Å². The second-order valence-electron chi connectivity index (χ2n) is 6.72. The van der Waals surface area contributed by atoms with E-state index in [0.29, 0.717) is 50.9 Å². The molecule has 0 unspecified atom stereocenters. The number of anilines is 1. The van der Waals surface area contributed by atoms with Gasteiger partial charge >= 0.3 is 0 Å². The number of methoxy groups -OCH3 is 1. The maximum atomic E-state index is 12.3. The molecule has 0 aliphatic carbocycles. The van der Waals surface area contributed by atoms with Gasteiger partial charge in [-0.15, -0.1) is 0 Å². The Labute approximate surface area is 174 Å². The molecule has 1 aromatic carbocycles. The highest BCUT2D eigenvalue weighted by Gasteiger charge is 2.22. The molecular weight excluding hydrogens is 402 g/mol. The van der Waals surface area contributed by atoms with E-state index >= 15 is 0 Å². The van der Waals surface area contributed by atoms with Crippen molar-refractivity contribution in [3.05, 3.63) is 33.3 Å². The molecule has 2 rings (SSSR count). The van der Waals surface area contributed by atoms with Crippen molar-refractivity contribution >= 4 is 34.8 Å². The van der Waals surface area contributed by atoms with Gasteiger partial charge in [0.15, 0.2) is 0 Å². The van der Waals surface area contributed by atoms with Crippen molar-refractivity contribution < 1.29 is 19.2 Å². The first-order valence-corrected chi connectivity index (χ1v) is 9.71. The lowest BCUT2D eigenvalue weighted by Gasteiger charge is -2.33. The quantitative estimate of drug-likeness (QED) is 0.324. The zero-order valence-corrected chi connectivity index (χ0v) is 17.1. The molecule has 11 heteroatoms. The van der Waals surface area contributed by atoms with Gasteiger partial charge in [-0.2, -0.15) is 0 Å². The molecule has 1 aromatic rings. The second-order valence-corrected chi connectivity index (χ2v) is 7.15. The summed E-state index contributed by atoms with van der Waals surface area (Å²) in [6.45, 7) is 4.21. The fourth-order valence-corrected chi connectivity index (χ4v) is 3.14. The molecule has 2 amide bonds. The highest BCUT2D eigenvalue weighted by Crippen LogP contribution is 2.27. The number of benzene rings is 1. The molecule has 1 aliphatic heterocycles. The second kappa shape index (κ2) is 11.7. The van der Waals surface area contributed by atoms with E-state index in [1.807, 2.05) is 9.80 Å². The summed E-state index contributed by atoms with van der Waals surface area (Å²) in [4.78, 5) is 38.7. The van der Waals surface area contributed by atoms with Gasteiger partial charge in [0, 0.05) is 57.5 Å². The fourth-order valence-electron chi connectivity index (χ4n) is 2.97. The Balaban J connectivity index is 1.74. The van der Waals surface area contributed by atoms with Crippen molar-refractivity contribution in [1.29, 1.82) is 0 Å². The van der Waals surface area contributed by atoms with E-state index in [9.17, 15) is 19.7 Å². The number of rotatable bonds is 10. The average Bonchev–Trinajstić information content (AvgIpc) is 2.66. The van der Waals surface area contributed by atoms with Crippen LogP contribution >= 0.6 is 11.6 Å². The van der Waals surface area contributed by atoms with E-state index in [1.165, 1.54) is 18.2 Å². The Hall–Kier alpha value is -2.27. The zero-order chi connectivity index (χ0) is 21.2. The van der Waals surface area contributed by atoms with E-state index in [1.54, 1.807) is 7.11 Å². The number of hydrogen-bond acceptors (Lipinski definition) is 7. The molecule has 2 N–H and O–H groups in total. The molecule has 1 aliphatic rings. The molecule has 0 aromatic heterocycles. The maximum absolute atomic E-state index is 12.3. The van der Waals surface area contributed by atoms with Gasteiger partial charge in [0.2, 0.25) is 11.8 Å². The smallest absolute Gasteiger partial charge is 0.292 e. The molecule has 160 valence electrons. The van der Waals surface area contributed by atoms with Gasteiger partial charge in [0.05, 0.1) is 18.0 Å². The van der Waals surface area contributed by atoms with Crippen LogP contribution in [-0.4, -0.2) is 86.1 Å². The average molecular weight is 428 g/mol. The number of carbonyl (C=O) groups excluding carboxylic acids is 2. The highest BCUT2D eigenvalue weighted by molar-refractivity contribution is 6.31. The van der Waals surface area contributed by atoms with Crippen LogP contribution < -0.4 is 10.6 Å². The van der Waals surface area contributed by atoms with Crippen LogP contribution in [0.3, 0.4) is 0 Å². The third-order valence-electron chi connectivity index (χ3n) is 4.48. The van der Waals surface area contributed by atoms with Crippen LogP contribution in [0.15, 0.2) is 18.2 Å². The standard InChI is InChI=1S/C18H26ClN5O5/c1-29-10-2-5-20-17(25)12-22-6-8-23(9-7-22)13-18(26)21-15-11-14(19)3-4-16(15)24(27)28/h3-4,11H,2,5-10,12-13H2,1H3,(H,20,25)(H,21,26). The number of nitro benzene ring substituents is 1. The van der Waals surface area contributed by atoms with Gasteiger partial charge in [0.25, 0.3) is 5.69 Å². The molecule has 1 heterocycles. The van der Waals surface area contributed by atoms with Crippen LogP contribution in [0.4, 0.5) is 11.4 Å². The van der Waals surface area contributed by atoms with Crippen molar-refractivity contribution in [2.45, 2.75) is 6.42 Å².